The van der Waals surface area contributed by atoms with Gasteiger partial charge in [-0.25, -0.2) is 4.99 Å². The Bertz CT molecular complexity index is 427. The minimum Gasteiger partial charge on any atom is -0.467 e. The van der Waals surface area contributed by atoms with Gasteiger partial charge in [-0.15, -0.1) is 0 Å². The van der Waals surface area contributed by atoms with Crippen LogP contribution >= 0.6 is 0 Å². The molecule has 1 unspecified atom stereocenters. The Morgan fingerprint density at radius 1 is 1.36 bits per heavy atom. The smallest absolute Gasteiger partial charge is 0.191 e. The van der Waals surface area contributed by atoms with Gasteiger partial charge in [-0.1, -0.05) is 6.92 Å². The fourth-order valence-electron chi connectivity index (χ4n) is 2.46. The third kappa shape index (κ3) is 6.07. The van der Waals surface area contributed by atoms with Crippen molar-refractivity contribution < 1.29 is 9.15 Å². The van der Waals surface area contributed by atoms with Crippen molar-refractivity contribution in [2.45, 2.75) is 20.4 Å². The van der Waals surface area contributed by atoms with Gasteiger partial charge >= 0.3 is 0 Å². The highest BCUT2D eigenvalue weighted by molar-refractivity contribution is 5.79. The van der Waals surface area contributed by atoms with Crippen LogP contribution in [-0.4, -0.2) is 56.8 Å². The Morgan fingerprint density at radius 3 is 2.86 bits per heavy atom. The van der Waals surface area contributed by atoms with Crippen molar-refractivity contribution in [1.29, 1.82) is 0 Å². The molecule has 0 spiro atoms. The molecule has 0 bridgehead atoms. The molecule has 6 heteroatoms. The van der Waals surface area contributed by atoms with Crippen molar-refractivity contribution in [1.82, 2.24) is 15.5 Å². The molecule has 22 heavy (non-hydrogen) atoms. The van der Waals surface area contributed by atoms with E-state index < -0.39 is 0 Å². The van der Waals surface area contributed by atoms with Crippen LogP contribution in [0.4, 0.5) is 0 Å². The van der Waals surface area contributed by atoms with Crippen LogP contribution in [0.3, 0.4) is 0 Å². The molecule has 6 nitrogen and oxygen atoms in total. The van der Waals surface area contributed by atoms with Crippen LogP contribution in [0.25, 0.3) is 0 Å². The summed E-state index contributed by atoms with van der Waals surface area (Å²) in [5.74, 6) is 2.27. The molecule has 0 amide bonds. The van der Waals surface area contributed by atoms with E-state index in [4.69, 9.17) is 9.15 Å². The maximum Gasteiger partial charge on any atom is 0.191 e. The molecule has 2 rings (SSSR count). The number of rotatable bonds is 7. The minimum atomic E-state index is 0.556. The first-order chi connectivity index (χ1) is 10.8. The minimum absolute atomic E-state index is 0.556. The molecule has 0 aromatic carbocycles. The van der Waals surface area contributed by atoms with Gasteiger partial charge in [-0.3, -0.25) is 4.90 Å². The van der Waals surface area contributed by atoms with E-state index in [0.717, 1.165) is 57.7 Å². The molecular weight excluding hydrogens is 280 g/mol. The number of hydrogen-bond acceptors (Lipinski definition) is 4. The quantitative estimate of drug-likeness (QED) is 0.587. The molecule has 1 saturated heterocycles. The highest BCUT2D eigenvalue weighted by atomic mass is 16.5. The standard InChI is InChI=1S/C16H28N4O2/c1-3-17-16(19-12-15-5-4-8-22-15)18-11-14(2)13-20-6-9-21-10-7-20/h4-5,8,14H,3,6-7,9-13H2,1-2H3,(H2,17,18,19). The van der Waals surface area contributed by atoms with Gasteiger partial charge in [-0.05, 0) is 25.0 Å². The predicted octanol–water partition coefficient (Wildman–Crippen LogP) is 1.30. The zero-order valence-corrected chi connectivity index (χ0v) is 13.7. The van der Waals surface area contributed by atoms with Gasteiger partial charge in [-0.2, -0.15) is 0 Å². The summed E-state index contributed by atoms with van der Waals surface area (Å²) < 4.78 is 10.7. The van der Waals surface area contributed by atoms with Gasteiger partial charge in [0.2, 0.25) is 0 Å². The number of nitrogens with zero attached hydrogens (tertiary/aromatic N) is 2. The van der Waals surface area contributed by atoms with Crippen LogP contribution < -0.4 is 10.6 Å². The topological polar surface area (TPSA) is 62.0 Å². The SMILES string of the molecule is CCNC(=NCc1ccco1)NCC(C)CN1CCOCC1. The average molecular weight is 308 g/mol. The number of guanidine groups is 1. The molecule has 0 aliphatic carbocycles. The zero-order chi connectivity index (χ0) is 15.6. The summed E-state index contributed by atoms with van der Waals surface area (Å²) in [5, 5.41) is 6.68. The monoisotopic (exact) mass is 308 g/mol. The highest BCUT2D eigenvalue weighted by Crippen LogP contribution is 2.03. The fourth-order valence-corrected chi connectivity index (χ4v) is 2.46. The second kappa shape index (κ2) is 9.48. The van der Waals surface area contributed by atoms with Gasteiger partial charge in [0, 0.05) is 32.7 Å². The van der Waals surface area contributed by atoms with E-state index in [9.17, 15) is 0 Å². The van der Waals surface area contributed by atoms with E-state index in [1.165, 1.54) is 0 Å². The Labute approximate surface area is 132 Å². The van der Waals surface area contributed by atoms with Crippen molar-refractivity contribution in [2.24, 2.45) is 10.9 Å². The number of ether oxygens (including phenoxy) is 1. The Hall–Kier alpha value is -1.53. The number of aliphatic imine (C=N–C) groups is 1. The van der Waals surface area contributed by atoms with Crippen molar-refractivity contribution >= 4 is 5.96 Å². The molecule has 1 aromatic rings. The number of morpholine rings is 1. The van der Waals surface area contributed by atoms with Crippen molar-refractivity contribution in [3.8, 4) is 0 Å². The van der Waals surface area contributed by atoms with Gasteiger partial charge in [0.15, 0.2) is 5.96 Å². The molecule has 1 aromatic heterocycles. The molecule has 1 atom stereocenters. The molecular formula is C16H28N4O2. The van der Waals surface area contributed by atoms with Crippen LogP contribution in [0.15, 0.2) is 27.8 Å². The summed E-state index contributed by atoms with van der Waals surface area (Å²) in [7, 11) is 0. The maximum absolute atomic E-state index is 5.38. The third-order valence-electron chi connectivity index (χ3n) is 3.61. The molecule has 2 heterocycles. The van der Waals surface area contributed by atoms with E-state index in [2.05, 4.69) is 34.4 Å². The van der Waals surface area contributed by atoms with Crippen molar-refractivity contribution in [3.05, 3.63) is 24.2 Å². The molecule has 2 N–H and O–H groups in total. The summed E-state index contributed by atoms with van der Waals surface area (Å²) in [6.07, 6.45) is 1.68. The third-order valence-corrected chi connectivity index (χ3v) is 3.61. The van der Waals surface area contributed by atoms with Crippen molar-refractivity contribution in [2.75, 3.05) is 45.9 Å². The molecule has 124 valence electrons. The van der Waals surface area contributed by atoms with E-state index >= 15 is 0 Å². The summed E-state index contributed by atoms with van der Waals surface area (Å²) in [4.78, 5) is 7.00. The largest absolute Gasteiger partial charge is 0.467 e. The van der Waals surface area contributed by atoms with E-state index in [1.807, 2.05) is 12.1 Å². The molecule has 1 fully saturated rings. The Morgan fingerprint density at radius 2 is 2.18 bits per heavy atom. The highest BCUT2D eigenvalue weighted by Gasteiger charge is 2.13. The molecule has 0 saturated carbocycles. The summed E-state index contributed by atoms with van der Waals surface area (Å²) in [6, 6.07) is 3.82. The lowest BCUT2D eigenvalue weighted by atomic mass is 10.1. The zero-order valence-electron chi connectivity index (χ0n) is 13.7. The van der Waals surface area contributed by atoms with Gasteiger partial charge in [0.25, 0.3) is 0 Å². The Kier molecular flexibility index (Phi) is 7.25. The van der Waals surface area contributed by atoms with E-state index in [-0.39, 0.29) is 0 Å². The average Bonchev–Trinajstić information content (AvgIpc) is 3.04. The lowest BCUT2D eigenvalue weighted by Crippen LogP contribution is -2.44. The van der Waals surface area contributed by atoms with E-state index in [1.54, 1.807) is 6.26 Å². The number of furan rings is 1. The second-order valence-corrected chi connectivity index (χ2v) is 5.67. The maximum atomic E-state index is 5.38. The summed E-state index contributed by atoms with van der Waals surface area (Å²) >= 11 is 0. The molecule has 1 aliphatic rings. The first kappa shape index (κ1) is 16.8. The first-order valence-electron chi connectivity index (χ1n) is 8.12. The number of nitrogens with one attached hydrogen (secondary N) is 2. The molecule has 1 aliphatic heterocycles. The predicted molar refractivity (Wildman–Crippen MR) is 87.9 cm³/mol. The van der Waals surface area contributed by atoms with Gasteiger partial charge in [0.1, 0.15) is 12.3 Å². The fraction of sp³-hybridized carbons (Fsp3) is 0.688. The summed E-state index contributed by atoms with van der Waals surface area (Å²) in [5.41, 5.74) is 0. The lowest BCUT2D eigenvalue weighted by molar-refractivity contribution is 0.0320. The lowest BCUT2D eigenvalue weighted by Gasteiger charge is -2.29. The normalized spacial score (nSPS) is 18.2. The van der Waals surface area contributed by atoms with Crippen LogP contribution in [0.5, 0.6) is 0 Å². The van der Waals surface area contributed by atoms with Crippen molar-refractivity contribution in [3.63, 3.8) is 0 Å². The van der Waals surface area contributed by atoms with Crippen LogP contribution in [0.1, 0.15) is 19.6 Å². The van der Waals surface area contributed by atoms with E-state index in [0.29, 0.717) is 12.5 Å². The van der Waals surface area contributed by atoms with Crippen LogP contribution in [0.2, 0.25) is 0 Å². The van der Waals surface area contributed by atoms with Gasteiger partial charge < -0.3 is 19.8 Å². The second-order valence-electron chi connectivity index (χ2n) is 5.67. The first-order valence-corrected chi connectivity index (χ1v) is 8.12. The summed E-state index contributed by atoms with van der Waals surface area (Å²) in [6.45, 7) is 11.5. The number of hydrogen-bond donors (Lipinski definition) is 2. The Balaban J connectivity index is 1.73. The van der Waals surface area contributed by atoms with Gasteiger partial charge in [0.05, 0.1) is 19.5 Å². The van der Waals surface area contributed by atoms with Crippen LogP contribution in [0, 0.1) is 5.92 Å². The van der Waals surface area contributed by atoms with Crippen LogP contribution in [-0.2, 0) is 11.3 Å². The molecule has 0 radical (unpaired) electrons.